The molecule has 1 aromatic heterocycles. The Bertz CT molecular complexity index is 676. The van der Waals surface area contributed by atoms with Crippen LogP contribution in [0.2, 0.25) is 0 Å². The molecule has 0 bridgehead atoms. The molecule has 20 heavy (non-hydrogen) atoms. The number of amides is 1. The number of anilines is 1. The molecule has 0 saturated heterocycles. The van der Waals surface area contributed by atoms with Gasteiger partial charge in [0.15, 0.2) is 5.13 Å². The maximum absolute atomic E-state index is 11.0. The van der Waals surface area contributed by atoms with E-state index in [1.54, 1.807) is 0 Å². The molecular formula is C15H16N2O2S. The van der Waals surface area contributed by atoms with Gasteiger partial charge in [0.05, 0.1) is 5.69 Å². The second-order valence-corrected chi connectivity index (χ2v) is 6.44. The summed E-state index contributed by atoms with van der Waals surface area (Å²) in [6.45, 7) is 5.66. The Hall–Kier alpha value is -1.88. The van der Waals surface area contributed by atoms with E-state index < -0.39 is 0 Å². The number of thiazole rings is 1. The van der Waals surface area contributed by atoms with E-state index in [2.05, 4.69) is 30.2 Å². The number of ether oxygens (including phenoxy) is 1. The fraction of sp³-hybridized carbons (Fsp3) is 0.333. The van der Waals surface area contributed by atoms with Crippen LogP contribution in [0, 0.1) is 0 Å². The summed E-state index contributed by atoms with van der Waals surface area (Å²) in [6, 6.07) is 6.13. The van der Waals surface area contributed by atoms with Gasteiger partial charge in [-0.05, 0) is 37.6 Å². The lowest BCUT2D eigenvalue weighted by molar-refractivity contribution is -0.114. The Labute approximate surface area is 121 Å². The molecule has 2 heterocycles. The standard InChI is InChI=1S/C15H16N2O2S/c1-9(18)16-14-17-12(8-20-14)10-4-5-13-11(6-10)7-15(2,3)19-13/h4-6,8H,7H2,1-3H3,(H,16,17,18). The van der Waals surface area contributed by atoms with Crippen LogP contribution in [0.15, 0.2) is 23.6 Å². The first-order valence-electron chi connectivity index (χ1n) is 6.48. The van der Waals surface area contributed by atoms with E-state index in [1.807, 2.05) is 17.5 Å². The van der Waals surface area contributed by atoms with E-state index in [1.165, 1.54) is 23.8 Å². The van der Waals surface area contributed by atoms with Crippen LogP contribution in [0.5, 0.6) is 5.75 Å². The zero-order chi connectivity index (χ0) is 14.3. The quantitative estimate of drug-likeness (QED) is 0.920. The van der Waals surface area contributed by atoms with Crippen LogP contribution in [0.1, 0.15) is 26.3 Å². The van der Waals surface area contributed by atoms with Crippen molar-refractivity contribution in [1.29, 1.82) is 0 Å². The van der Waals surface area contributed by atoms with Gasteiger partial charge in [-0.15, -0.1) is 11.3 Å². The highest BCUT2D eigenvalue weighted by molar-refractivity contribution is 7.14. The maximum Gasteiger partial charge on any atom is 0.223 e. The third-order valence-corrected chi connectivity index (χ3v) is 3.90. The molecule has 2 aromatic rings. The molecule has 0 unspecified atom stereocenters. The van der Waals surface area contributed by atoms with E-state index in [0.29, 0.717) is 5.13 Å². The minimum absolute atomic E-state index is 0.102. The third kappa shape index (κ3) is 2.54. The fourth-order valence-electron chi connectivity index (χ4n) is 2.38. The molecule has 5 heteroatoms. The van der Waals surface area contributed by atoms with E-state index in [4.69, 9.17) is 4.74 Å². The molecule has 1 N–H and O–H groups in total. The Morgan fingerprint density at radius 2 is 2.25 bits per heavy atom. The smallest absolute Gasteiger partial charge is 0.223 e. The van der Waals surface area contributed by atoms with Gasteiger partial charge in [0.1, 0.15) is 11.4 Å². The highest BCUT2D eigenvalue weighted by atomic mass is 32.1. The predicted octanol–water partition coefficient (Wildman–Crippen LogP) is 3.48. The maximum atomic E-state index is 11.0. The average molecular weight is 288 g/mol. The SMILES string of the molecule is CC(=O)Nc1nc(-c2ccc3c(c2)CC(C)(C)O3)cs1. The number of nitrogens with zero attached hydrogens (tertiary/aromatic N) is 1. The highest BCUT2D eigenvalue weighted by Crippen LogP contribution is 2.37. The Kier molecular flexibility index (Phi) is 3.01. The largest absolute Gasteiger partial charge is 0.487 e. The Balaban J connectivity index is 1.89. The number of benzene rings is 1. The molecule has 1 aromatic carbocycles. The zero-order valence-electron chi connectivity index (χ0n) is 11.7. The molecule has 0 atom stereocenters. The van der Waals surface area contributed by atoms with Gasteiger partial charge in [0, 0.05) is 24.3 Å². The molecule has 0 radical (unpaired) electrons. The Morgan fingerprint density at radius 3 is 3.00 bits per heavy atom. The van der Waals surface area contributed by atoms with Gasteiger partial charge in [-0.2, -0.15) is 0 Å². The van der Waals surface area contributed by atoms with Crippen LogP contribution in [0.25, 0.3) is 11.3 Å². The minimum Gasteiger partial charge on any atom is -0.487 e. The molecule has 0 fully saturated rings. The van der Waals surface area contributed by atoms with Crippen molar-refractivity contribution in [2.75, 3.05) is 5.32 Å². The molecular weight excluding hydrogens is 272 g/mol. The molecule has 3 rings (SSSR count). The first-order chi connectivity index (χ1) is 9.43. The minimum atomic E-state index is -0.135. The van der Waals surface area contributed by atoms with Gasteiger partial charge >= 0.3 is 0 Å². The van der Waals surface area contributed by atoms with Crippen LogP contribution >= 0.6 is 11.3 Å². The topological polar surface area (TPSA) is 51.2 Å². The number of carbonyl (C=O) groups is 1. The second kappa shape index (κ2) is 4.59. The van der Waals surface area contributed by atoms with Gasteiger partial charge in [0.2, 0.25) is 5.91 Å². The van der Waals surface area contributed by atoms with Crippen molar-refractivity contribution in [2.24, 2.45) is 0 Å². The molecule has 104 valence electrons. The van der Waals surface area contributed by atoms with E-state index >= 15 is 0 Å². The molecule has 1 amide bonds. The normalized spacial score (nSPS) is 15.6. The zero-order valence-corrected chi connectivity index (χ0v) is 12.5. The number of hydrogen-bond acceptors (Lipinski definition) is 4. The van der Waals surface area contributed by atoms with Crippen LogP contribution in [0.4, 0.5) is 5.13 Å². The molecule has 4 nitrogen and oxygen atoms in total. The van der Waals surface area contributed by atoms with Crippen molar-refractivity contribution in [2.45, 2.75) is 32.8 Å². The number of carbonyl (C=O) groups excluding carboxylic acids is 1. The molecule has 0 saturated carbocycles. The number of fused-ring (bicyclic) bond motifs is 1. The van der Waals surface area contributed by atoms with Crippen LogP contribution < -0.4 is 10.1 Å². The van der Waals surface area contributed by atoms with Gasteiger partial charge in [-0.25, -0.2) is 4.98 Å². The molecule has 1 aliphatic heterocycles. The van der Waals surface area contributed by atoms with Gasteiger partial charge < -0.3 is 10.1 Å². The molecule has 0 spiro atoms. The van der Waals surface area contributed by atoms with Gasteiger partial charge in [0.25, 0.3) is 0 Å². The molecule has 0 aliphatic carbocycles. The monoisotopic (exact) mass is 288 g/mol. The summed E-state index contributed by atoms with van der Waals surface area (Å²) in [4.78, 5) is 15.5. The lowest BCUT2D eigenvalue weighted by atomic mass is 10.00. The average Bonchev–Trinajstić information content (AvgIpc) is 2.89. The summed E-state index contributed by atoms with van der Waals surface area (Å²) in [5, 5.41) is 5.29. The van der Waals surface area contributed by atoms with E-state index in [9.17, 15) is 4.79 Å². The summed E-state index contributed by atoms with van der Waals surface area (Å²) in [6.07, 6.45) is 0.902. The van der Waals surface area contributed by atoms with Crippen molar-refractivity contribution in [3.8, 4) is 17.0 Å². The van der Waals surface area contributed by atoms with E-state index in [-0.39, 0.29) is 11.5 Å². The summed E-state index contributed by atoms with van der Waals surface area (Å²) in [5.41, 5.74) is 3.01. The van der Waals surface area contributed by atoms with Crippen LogP contribution in [-0.2, 0) is 11.2 Å². The highest BCUT2D eigenvalue weighted by Gasteiger charge is 2.30. The summed E-state index contributed by atoms with van der Waals surface area (Å²) < 4.78 is 5.87. The van der Waals surface area contributed by atoms with Crippen molar-refractivity contribution in [3.63, 3.8) is 0 Å². The van der Waals surface area contributed by atoms with E-state index in [0.717, 1.165) is 23.4 Å². The van der Waals surface area contributed by atoms with Crippen molar-refractivity contribution >= 4 is 22.4 Å². The fourth-order valence-corrected chi connectivity index (χ4v) is 3.15. The number of hydrogen-bond donors (Lipinski definition) is 1. The van der Waals surface area contributed by atoms with Gasteiger partial charge in [-0.1, -0.05) is 0 Å². The third-order valence-electron chi connectivity index (χ3n) is 3.15. The van der Waals surface area contributed by atoms with Gasteiger partial charge in [-0.3, -0.25) is 4.79 Å². The first-order valence-corrected chi connectivity index (χ1v) is 7.36. The Morgan fingerprint density at radius 1 is 1.45 bits per heavy atom. The van der Waals surface area contributed by atoms with Crippen LogP contribution in [-0.4, -0.2) is 16.5 Å². The number of nitrogens with one attached hydrogen (secondary N) is 1. The number of aromatic nitrogens is 1. The molecule has 1 aliphatic rings. The lowest BCUT2D eigenvalue weighted by Crippen LogP contribution is -2.24. The first kappa shape index (κ1) is 13.1. The van der Waals surface area contributed by atoms with Crippen molar-refractivity contribution in [3.05, 3.63) is 29.1 Å². The van der Waals surface area contributed by atoms with Crippen LogP contribution in [0.3, 0.4) is 0 Å². The number of rotatable bonds is 2. The second-order valence-electron chi connectivity index (χ2n) is 5.58. The lowest BCUT2D eigenvalue weighted by Gasteiger charge is -2.16. The summed E-state index contributed by atoms with van der Waals surface area (Å²) in [5.74, 6) is 0.853. The summed E-state index contributed by atoms with van der Waals surface area (Å²) in [7, 11) is 0. The summed E-state index contributed by atoms with van der Waals surface area (Å²) >= 11 is 1.43. The van der Waals surface area contributed by atoms with Crippen molar-refractivity contribution < 1.29 is 9.53 Å². The van der Waals surface area contributed by atoms with Crippen molar-refractivity contribution in [1.82, 2.24) is 4.98 Å². The predicted molar refractivity (Wildman–Crippen MR) is 80.3 cm³/mol.